The highest BCUT2D eigenvalue weighted by molar-refractivity contribution is 7.89. The number of rotatable bonds is 5. The molecule has 9 heteroatoms. The summed E-state index contributed by atoms with van der Waals surface area (Å²) < 4.78 is 63.8. The van der Waals surface area contributed by atoms with Crippen molar-refractivity contribution in [1.29, 1.82) is 0 Å². The highest BCUT2D eigenvalue weighted by Gasteiger charge is 2.30. The number of carbonyl (C=O) groups is 1. The van der Waals surface area contributed by atoms with Crippen LogP contribution in [0.1, 0.15) is 16.7 Å². The third-order valence-electron chi connectivity index (χ3n) is 3.88. The quantitative estimate of drug-likeness (QED) is 0.836. The Balaban J connectivity index is 2.22. The molecule has 0 aromatic heterocycles. The number of carbonyl (C=O) groups excluding carboxylic acids is 1. The average molecular weight is 400 g/mol. The van der Waals surface area contributed by atoms with Gasteiger partial charge in [0.2, 0.25) is 15.9 Å². The van der Waals surface area contributed by atoms with Gasteiger partial charge in [-0.3, -0.25) is 4.79 Å². The van der Waals surface area contributed by atoms with E-state index in [2.05, 4.69) is 5.32 Å². The van der Waals surface area contributed by atoms with E-state index >= 15 is 0 Å². The number of nitrogens with zero attached hydrogens (tertiary/aromatic N) is 1. The first kappa shape index (κ1) is 20.9. The highest BCUT2D eigenvalue weighted by atomic mass is 32.2. The molecule has 2 aromatic carbocycles. The zero-order valence-electron chi connectivity index (χ0n) is 15.0. The zero-order valence-corrected chi connectivity index (χ0v) is 15.8. The molecule has 0 heterocycles. The third-order valence-corrected chi connectivity index (χ3v) is 5.69. The second kappa shape index (κ2) is 7.69. The zero-order chi connectivity index (χ0) is 20.4. The van der Waals surface area contributed by atoms with Gasteiger partial charge in [-0.25, -0.2) is 12.7 Å². The Labute approximate surface area is 155 Å². The number of hydrogen-bond acceptors (Lipinski definition) is 3. The van der Waals surface area contributed by atoms with Crippen LogP contribution in [0.15, 0.2) is 47.4 Å². The molecule has 1 amide bonds. The molecule has 0 radical (unpaired) electrons. The molecule has 2 aromatic rings. The number of alkyl halides is 3. The summed E-state index contributed by atoms with van der Waals surface area (Å²) in [5, 5.41) is 2.57. The van der Waals surface area contributed by atoms with Gasteiger partial charge in [0.1, 0.15) is 0 Å². The molecule has 0 aliphatic carbocycles. The summed E-state index contributed by atoms with van der Waals surface area (Å²) in [6.45, 7) is 1.69. The lowest BCUT2D eigenvalue weighted by atomic mass is 10.1. The first-order valence-corrected chi connectivity index (χ1v) is 9.34. The fraction of sp³-hybridized carbons (Fsp3) is 0.278. The molecule has 0 atom stereocenters. The molecule has 0 bridgehead atoms. The first-order chi connectivity index (χ1) is 12.4. The Kier molecular flexibility index (Phi) is 5.96. The minimum atomic E-state index is -4.49. The van der Waals surface area contributed by atoms with Gasteiger partial charge in [0.25, 0.3) is 0 Å². The van der Waals surface area contributed by atoms with Crippen LogP contribution in [0.2, 0.25) is 0 Å². The van der Waals surface area contributed by atoms with Crippen molar-refractivity contribution in [3.63, 3.8) is 0 Å². The van der Waals surface area contributed by atoms with Crippen LogP contribution in [0.3, 0.4) is 0 Å². The number of sulfonamides is 1. The van der Waals surface area contributed by atoms with E-state index in [1.54, 1.807) is 13.0 Å². The van der Waals surface area contributed by atoms with Gasteiger partial charge in [-0.2, -0.15) is 13.2 Å². The normalized spacial score (nSPS) is 12.3. The van der Waals surface area contributed by atoms with Crippen LogP contribution < -0.4 is 5.32 Å². The van der Waals surface area contributed by atoms with Crippen LogP contribution in [0.4, 0.5) is 18.9 Å². The molecule has 0 saturated carbocycles. The Hall–Kier alpha value is -2.39. The predicted octanol–water partition coefficient (Wildman–Crippen LogP) is 3.45. The minimum absolute atomic E-state index is 0.00692. The largest absolute Gasteiger partial charge is 0.416 e. The van der Waals surface area contributed by atoms with Crippen molar-refractivity contribution in [2.45, 2.75) is 24.4 Å². The number of aryl methyl sites for hydroxylation is 1. The van der Waals surface area contributed by atoms with Gasteiger partial charge in [-0.05, 0) is 36.2 Å². The van der Waals surface area contributed by atoms with Crippen LogP contribution in [0, 0.1) is 6.92 Å². The maximum absolute atomic E-state index is 12.8. The number of amides is 1. The van der Waals surface area contributed by atoms with Crippen LogP contribution in [-0.2, 0) is 27.4 Å². The average Bonchev–Trinajstić information content (AvgIpc) is 2.56. The van der Waals surface area contributed by atoms with Gasteiger partial charge in [0.15, 0.2) is 0 Å². The van der Waals surface area contributed by atoms with Gasteiger partial charge in [0.05, 0.1) is 16.9 Å². The van der Waals surface area contributed by atoms with E-state index in [1.165, 1.54) is 38.4 Å². The van der Waals surface area contributed by atoms with Gasteiger partial charge in [0, 0.05) is 19.8 Å². The molecular formula is C18H19F3N2O3S. The molecular weight excluding hydrogens is 381 g/mol. The summed E-state index contributed by atoms with van der Waals surface area (Å²) in [6, 6.07) is 8.81. The number of nitrogens with one attached hydrogen (secondary N) is 1. The Morgan fingerprint density at radius 2 is 1.78 bits per heavy atom. The van der Waals surface area contributed by atoms with Crippen LogP contribution in [0.25, 0.3) is 0 Å². The van der Waals surface area contributed by atoms with Crippen molar-refractivity contribution in [3.8, 4) is 0 Å². The van der Waals surface area contributed by atoms with E-state index in [4.69, 9.17) is 0 Å². The van der Waals surface area contributed by atoms with Gasteiger partial charge < -0.3 is 5.32 Å². The molecule has 27 heavy (non-hydrogen) atoms. The van der Waals surface area contributed by atoms with Crippen molar-refractivity contribution >= 4 is 21.6 Å². The monoisotopic (exact) mass is 400 g/mol. The SMILES string of the molecule is Cc1ccc(S(=O)(=O)N(C)C)cc1NC(=O)Cc1cccc(C(F)(F)F)c1. The standard InChI is InChI=1S/C18H19F3N2O3S/c1-12-7-8-15(27(25,26)23(2)3)11-16(12)22-17(24)10-13-5-4-6-14(9-13)18(19,20)21/h4-9,11H,10H2,1-3H3,(H,22,24). The molecule has 1 N–H and O–H groups in total. The molecule has 5 nitrogen and oxygen atoms in total. The summed E-state index contributed by atoms with van der Waals surface area (Å²) in [7, 11) is -0.896. The summed E-state index contributed by atoms with van der Waals surface area (Å²) >= 11 is 0. The molecule has 0 aliphatic heterocycles. The van der Waals surface area contributed by atoms with Gasteiger partial charge in [-0.15, -0.1) is 0 Å². The van der Waals surface area contributed by atoms with E-state index in [1.807, 2.05) is 0 Å². The summed E-state index contributed by atoms with van der Waals surface area (Å²) in [5.74, 6) is -0.545. The number of benzene rings is 2. The first-order valence-electron chi connectivity index (χ1n) is 7.90. The summed E-state index contributed by atoms with van der Waals surface area (Å²) in [4.78, 5) is 12.2. The smallest absolute Gasteiger partial charge is 0.326 e. The van der Waals surface area contributed by atoms with Crippen molar-refractivity contribution in [3.05, 3.63) is 59.2 Å². The lowest BCUT2D eigenvalue weighted by Gasteiger charge is -2.14. The number of hydrogen-bond donors (Lipinski definition) is 1. The Morgan fingerprint density at radius 1 is 1.11 bits per heavy atom. The fourth-order valence-electron chi connectivity index (χ4n) is 2.34. The van der Waals surface area contributed by atoms with E-state index in [0.717, 1.165) is 16.4 Å². The fourth-order valence-corrected chi connectivity index (χ4v) is 3.27. The lowest BCUT2D eigenvalue weighted by molar-refractivity contribution is -0.137. The third kappa shape index (κ3) is 5.08. The summed E-state index contributed by atoms with van der Waals surface area (Å²) in [5.41, 5.74) is 0.292. The van der Waals surface area contributed by atoms with Crippen LogP contribution >= 0.6 is 0 Å². The highest BCUT2D eigenvalue weighted by Crippen LogP contribution is 2.29. The van der Waals surface area contributed by atoms with Gasteiger partial charge in [-0.1, -0.05) is 24.3 Å². The second-order valence-corrected chi connectivity index (χ2v) is 8.34. The van der Waals surface area contributed by atoms with Crippen LogP contribution in [-0.4, -0.2) is 32.7 Å². The molecule has 0 fully saturated rings. The van der Waals surface area contributed by atoms with E-state index in [-0.39, 0.29) is 22.6 Å². The maximum Gasteiger partial charge on any atom is 0.416 e. The topological polar surface area (TPSA) is 66.5 Å². The Morgan fingerprint density at radius 3 is 2.37 bits per heavy atom. The van der Waals surface area contributed by atoms with Crippen LogP contribution in [0.5, 0.6) is 0 Å². The van der Waals surface area contributed by atoms with E-state index in [0.29, 0.717) is 5.56 Å². The van der Waals surface area contributed by atoms with E-state index < -0.39 is 27.7 Å². The molecule has 0 aliphatic rings. The number of halogens is 3. The predicted molar refractivity (Wildman–Crippen MR) is 95.8 cm³/mol. The number of anilines is 1. The Bertz CT molecular complexity index is 955. The molecule has 2 rings (SSSR count). The molecule has 0 saturated heterocycles. The van der Waals surface area contributed by atoms with Crippen molar-refractivity contribution < 1.29 is 26.4 Å². The summed E-state index contributed by atoms with van der Waals surface area (Å²) in [6.07, 6.45) is -4.76. The van der Waals surface area contributed by atoms with Crippen molar-refractivity contribution in [1.82, 2.24) is 4.31 Å². The molecule has 0 spiro atoms. The molecule has 0 unspecified atom stereocenters. The maximum atomic E-state index is 12.8. The van der Waals surface area contributed by atoms with E-state index in [9.17, 15) is 26.4 Å². The lowest BCUT2D eigenvalue weighted by Crippen LogP contribution is -2.22. The minimum Gasteiger partial charge on any atom is -0.326 e. The molecule has 146 valence electrons. The van der Waals surface area contributed by atoms with Crippen molar-refractivity contribution in [2.75, 3.05) is 19.4 Å². The van der Waals surface area contributed by atoms with Crippen molar-refractivity contribution in [2.24, 2.45) is 0 Å². The van der Waals surface area contributed by atoms with Gasteiger partial charge >= 0.3 is 6.18 Å². The second-order valence-electron chi connectivity index (χ2n) is 6.19.